The minimum absolute atomic E-state index is 0.124. The third kappa shape index (κ3) is 3.09. The van der Waals surface area contributed by atoms with Crippen molar-refractivity contribution in [1.29, 1.82) is 0 Å². The first-order valence-corrected chi connectivity index (χ1v) is 13.2. The lowest BCUT2D eigenvalue weighted by Gasteiger charge is -2.41. The second-order valence-corrected chi connectivity index (χ2v) is 11.1. The number of piperazine rings is 1. The lowest BCUT2D eigenvalue weighted by atomic mass is 9.76. The monoisotopic (exact) mass is 507 g/mol. The minimum atomic E-state index is -1.70. The molecule has 6 aliphatic rings. The molecule has 3 saturated heterocycles. The number of amides is 2. The molecule has 0 aromatic heterocycles. The molecule has 4 aliphatic heterocycles. The van der Waals surface area contributed by atoms with Crippen LogP contribution in [0.2, 0.25) is 0 Å². The molecule has 0 aromatic rings. The van der Waals surface area contributed by atoms with Crippen LogP contribution in [-0.4, -0.2) is 102 Å². The smallest absolute Gasteiger partial charge is 0.404 e. The van der Waals surface area contributed by atoms with Gasteiger partial charge in [0, 0.05) is 31.9 Å². The SMILES string of the molecule is CO[C@@]12[C@H](COC(N)=O)C3=C(C(=O)C(CSCC4CC4)C4(OCCO4)C3=O)N1C[C@H]1[C@@H]2N1C(C)=O. The highest BCUT2D eigenvalue weighted by Gasteiger charge is 2.79. The summed E-state index contributed by atoms with van der Waals surface area (Å²) >= 11 is 1.65. The average molecular weight is 508 g/mol. The molecule has 4 heterocycles. The van der Waals surface area contributed by atoms with Crippen LogP contribution >= 0.6 is 11.8 Å². The summed E-state index contributed by atoms with van der Waals surface area (Å²) < 4.78 is 23.1. The van der Waals surface area contributed by atoms with E-state index in [1.807, 2.05) is 4.90 Å². The van der Waals surface area contributed by atoms with Gasteiger partial charge in [0.15, 0.2) is 11.5 Å². The number of carbonyl (C=O) groups excluding carboxylic acids is 4. The molecule has 2 amide bonds. The van der Waals surface area contributed by atoms with Gasteiger partial charge in [0.2, 0.25) is 17.5 Å². The lowest BCUT2D eigenvalue weighted by Crippen LogP contribution is -2.56. The fourth-order valence-electron chi connectivity index (χ4n) is 6.58. The Morgan fingerprint density at radius 2 is 1.89 bits per heavy atom. The van der Waals surface area contributed by atoms with Gasteiger partial charge < -0.3 is 34.5 Å². The molecule has 0 radical (unpaired) electrons. The number of ketones is 2. The van der Waals surface area contributed by atoms with Gasteiger partial charge in [0.05, 0.1) is 36.8 Å². The highest BCUT2D eigenvalue weighted by atomic mass is 32.2. The van der Waals surface area contributed by atoms with E-state index in [9.17, 15) is 19.2 Å². The number of hydrogen-bond acceptors (Lipinski definition) is 10. The first-order valence-electron chi connectivity index (χ1n) is 12.0. The zero-order valence-electron chi connectivity index (χ0n) is 19.7. The van der Waals surface area contributed by atoms with Crippen molar-refractivity contribution in [2.24, 2.45) is 23.5 Å². The second kappa shape index (κ2) is 7.92. The zero-order valence-corrected chi connectivity index (χ0v) is 20.5. The van der Waals surface area contributed by atoms with Crippen LogP contribution in [0.4, 0.5) is 4.79 Å². The minimum Gasteiger partial charge on any atom is -0.449 e. The molecule has 0 bridgehead atoms. The quantitative estimate of drug-likeness (QED) is 0.464. The van der Waals surface area contributed by atoms with E-state index in [4.69, 9.17) is 24.7 Å². The van der Waals surface area contributed by atoms with E-state index >= 15 is 0 Å². The number of hydrogen-bond donors (Lipinski definition) is 1. The van der Waals surface area contributed by atoms with Crippen molar-refractivity contribution in [1.82, 2.24) is 9.80 Å². The number of Topliss-reactive ketones (excluding diaryl/α,β-unsaturated/α-hetero) is 2. The summed E-state index contributed by atoms with van der Waals surface area (Å²) in [5, 5.41) is 0. The van der Waals surface area contributed by atoms with Crippen LogP contribution in [0.15, 0.2) is 11.3 Å². The predicted octanol–water partition coefficient (Wildman–Crippen LogP) is -0.122. The maximum atomic E-state index is 14.2. The summed E-state index contributed by atoms with van der Waals surface area (Å²) in [4.78, 5) is 55.6. The third-order valence-electron chi connectivity index (χ3n) is 8.22. The Morgan fingerprint density at radius 3 is 2.49 bits per heavy atom. The van der Waals surface area contributed by atoms with Crippen LogP contribution in [0, 0.1) is 17.8 Å². The second-order valence-electron chi connectivity index (χ2n) is 10.0. The normalized spacial score (nSPS) is 36.5. The number of rotatable bonds is 7. The number of carbonyl (C=O) groups is 4. The van der Waals surface area contributed by atoms with Crippen LogP contribution in [0.25, 0.3) is 0 Å². The number of fused-ring (bicyclic) bond motifs is 4. The van der Waals surface area contributed by atoms with Crippen LogP contribution in [-0.2, 0) is 33.3 Å². The third-order valence-corrected chi connectivity index (χ3v) is 9.50. The topological polar surface area (TPSA) is 137 Å². The largest absolute Gasteiger partial charge is 0.449 e. The van der Waals surface area contributed by atoms with Gasteiger partial charge in [-0.05, 0) is 24.5 Å². The standard InChI is InChI=1S/C23H29N3O8S/c1-11(27)26-15-7-25-17-16(13(8-32-21(24)30)22(25,31-2)19(15)26)20(29)23(33-5-6-34-23)14(18(17)28)10-35-9-12-3-4-12/h12-15,19H,3-10H2,1-2H3,(H2,24,30)/t13-,14?,15+,19+,22-,26?/m1/s1. The predicted molar refractivity (Wildman–Crippen MR) is 121 cm³/mol. The maximum Gasteiger partial charge on any atom is 0.404 e. The Bertz CT molecular complexity index is 1040. The van der Waals surface area contributed by atoms with Crippen LogP contribution < -0.4 is 5.73 Å². The average Bonchev–Trinajstić information content (AvgIpc) is 3.66. The number of allylic oxidation sites excluding steroid dienone is 1. The highest BCUT2D eigenvalue weighted by molar-refractivity contribution is 7.99. The summed E-state index contributed by atoms with van der Waals surface area (Å²) in [5.74, 6) is -2.13. The summed E-state index contributed by atoms with van der Waals surface area (Å²) in [6.45, 7) is 1.96. The fraction of sp³-hybridized carbons (Fsp3) is 0.739. The number of nitrogens with zero attached hydrogens (tertiary/aromatic N) is 2. The van der Waals surface area contributed by atoms with E-state index in [0.29, 0.717) is 18.2 Å². The van der Waals surface area contributed by atoms with Crippen LogP contribution in [0.5, 0.6) is 0 Å². The van der Waals surface area contributed by atoms with Crippen molar-refractivity contribution >= 4 is 35.3 Å². The Labute approximate surface area is 206 Å². The van der Waals surface area contributed by atoms with Crippen LogP contribution in [0.1, 0.15) is 19.8 Å². The van der Waals surface area contributed by atoms with Gasteiger partial charge >= 0.3 is 6.09 Å². The van der Waals surface area contributed by atoms with E-state index in [-0.39, 0.29) is 54.9 Å². The van der Waals surface area contributed by atoms with Gasteiger partial charge in [-0.2, -0.15) is 11.8 Å². The zero-order chi connectivity index (χ0) is 24.7. The van der Waals surface area contributed by atoms with Crippen molar-refractivity contribution in [3.63, 3.8) is 0 Å². The molecule has 1 saturated carbocycles. The molecule has 11 nitrogen and oxygen atoms in total. The van der Waals surface area contributed by atoms with E-state index in [0.717, 1.165) is 5.75 Å². The molecule has 1 spiro atoms. The summed E-state index contributed by atoms with van der Waals surface area (Å²) in [5.41, 5.74) is 4.49. The summed E-state index contributed by atoms with van der Waals surface area (Å²) in [6, 6.07) is -0.542. The number of thioether (sulfide) groups is 1. The number of ether oxygens (including phenoxy) is 4. The van der Waals surface area contributed by atoms with Gasteiger partial charge in [-0.15, -0.1) is 0 Å². The van der Waals surface area contributed by atoms with Crippen molar-refractivity contribution in [3.8, 4) is 0 Å². The number of nitrogens with two attached hydrogens (primary N) is 1. The van der Waals surface area contributed by atoms with E-state index in [1.54, 1.807) is 16.7 Å². The summed E-state index contributed by atoms with van der Waals surface area (Å²) in [6.07, 6.45) is 1.38. The molecule has 0 aromatic carbocycles. The molecule has 4 fully saturated rings. The molecular weight excluding hydrogens is 478 g/mol. The molecule has 2 aliphatic carbocycles. The molecule has 2 N–H and O–H groups in total. The molecule has 35 heavy (non-hydrogen) atoms. The molecule has 12 heteroatoms. The first kappa shape index (κ1) is 23.3. The Morgan fingerprint density at radius 1 is 1.17 bits per heavy atom. The Balaban J connectivity index is 1.42. The van der Waals surface area contributed by atoms with Crippen LogP contribution in [0.3, 0.4) is 0 Å². The maximum absolute atomic E-state index is 14.2. The highest BCUT2D eigenvalue weighted by Crippen LogP contribution is 2.61. The molecule has 5 atom stereocenters. The Hall–Kier alpha value is -2.15. The van der Waals surface area contributed by atoms with Crippen molar-refractivity contribution < 1.29 is 38.1 Å². The molecule has 6 rings (SSSR count). The van der Waals surface area contributed by atoms with E-state index in [1.165, 1.54) is 26.9 Å². The molecule has 1 unspecified atom stereocenters. The van der Waals surface area contributed by atoms with E-state index < -0.39 is 35.2 Å². The fourth-order valence-corrected chi connectivity index (χ4v) is 7.99. The van der Waals surface area contributed by atoms with Gasteiger partial charge in [0.1, 0.15) is 12.6 Å². The van der Waals surface area contributed by atoms with Crippen molar-refractivity contribution in [2.45, 2.75) is 43.4 Å². The van der Waals surface area contributed by atoms with Gasteiger partial charge in [-0.3, -0.25) is 14.4 Å². The summed E-state index contributed by atoms with van der Waals surface area (Å²) in [7, 11) is 1.48. The van der Waals surface area contributed by atoms with Gasteiger partial charge in [-0.25, -0.2) is 4.79 Å². The first-order chi connectivity index (χ1) is 16.8. The molecule has 190 valence electrons. The Kier molecular flexibility index (Phi) is 5.27. The van der Waals surface area contributed by atoms with E-state index in [2.05, 4.69) is 0 Å². The van der Waals surface area contributed by atoms with Gasteiger partial charge in [0.25, 0.3) is 0 Å². The number of primary amides is 1. The lowest BCUT2D eigenvalue weighted by molar-refractivity contribution is -0.197. The van der Waals surface area contributed by atoms with Crippen molar-refractivity contribution in [3.05, 3.63) is 11.3 Å². The van der Waals surface area contributed by atoms with Crippen molar-refractivity contribution in [2.75, 3.05) is 45.0 Å². The molecular formula is C23H29N3O8S. The number of methoxy groups -OCH3 is 1. The van der Waals surface area contributed by atoms with Gasteiger partial charge in [-0.1, -0.05) is 0 Å².